The average Bonchev–Trinajstić information content (AvgIpc) is 2.76. The number of rotatable bonds is 10. The van der Waals surface area contributed by atoms with Crippen molar-refractivity contribution in [1.82, 2.24) is 4.90 Å². The van der Waals surface area contributed by atoms with Crippen molar-refractivity contribution >= 4 is 0 Å². The molecule has 0 saturated carbocycles. The van der Waals surface area contributed by atoms with Crippen molar-refractivity contribution in [3.05, 3.63) is 102 Å². The van der Waals surface area contributed by atoms with Crippen LogP contribution in [0, 0.1) is 0 Å². The van der Waals surface area contributed by atoms with E-state index in [4.69, 9.17) is 4.74 Å². The lowest BCUT2D eigenvalue weighted by atomic mass is 9.87. The fourth-order valence-electron chi connectivity index (χ4n) is 4.21. The van der Waals surface area contributed by atoms with E-state index in [1.54, 1.807) is 0 Å². The third kappa shape index (κ3) is 5.96. The fourth-order valence-corrected chi connectivity index (χ4v) is 4.21. The highest BCUT2D eigenvalue weighted by atomic mass is 16.5. The van der Waals surface area contributed by atoms with Gasteiger partial charge in [0.2, 0.25) is 0 Å². The Labute approximate surface area is 182 Å². The second-order valence-electron chi connectivity index (χ2n) is 8.49. The fraction of sp³-hybridized carbons (Fsp3) is 0.357. The molecule has 3 rings (SSSR count). The minimum Gasteiger partial charge on any atom is -0.489 e. The van der Waals surface area contributed by atoms with Crippen LogP contribution in [0.1, 0.15) is 56.7 Å². The van der Waals surface area contributed by atoms with Crippen molar-refractivity contribution in [2.45, 2.75) is 58.7 Å². The Kier molecular flexibility index (Phi) is 8.10. The van der Waals surface area contributed by atoms with Crippen LogP contribution in [0.2, 0.25) is 0 Å². The van der Waals surface area contributed by atoms with E-state index >= 15 is 0 Å². The van der Waals surface area contributed by atoms with Gasteiger partial charge in [0.25, 0.3) is 0 Å². The molecule has 2 heteroatoms. The second kappa shape index (κ2) is 11.0. The summed E-state index contributed by atoms with van der Waals surface area (Å²) in [6.45, 7) is 10.8. The summed E-state index contributed by atoms with van der Waals surface area (Å²) in [5.74, 6) is 1.29. The van der Waals surface area contributed by atoms with Gasteiger partial charge in [0.15, 0.2) is 0 Å². The van der Waals surface area contributed by atoms with Crippen molar-refractivity contribution in [3.8, 4) is 5.75 Å². The van der Waals surface area contributed by atoms with E-state index in [1.165, 1.54) is 16.7 Å². The van der Waals surface area contributed by atoms with Gasteiger partial charge in [-0.2, -0.15) is 0 Å². The molecule has 0 bridgehead atoms. The maximum Gasteiger partial charge on any atom is 0.123 e. The van der Waals surface area contributed by atoms with Gasteiger partial charge in [-0.3, -0.25) is 4.90 Å². The maximum atomic E-state index is 6.31. The molecule has 0 aliphatic heterocycles. The van der Waals surface area contributed by atoms with Gasteiger partial charge >= 0.3 is 0 Å². The molecule has 0 aliphatic carbocycles. The Morgan fingerprint density at radius 2 is 1.27 bits per heavy atom. The molecule has 0 fully saturated rings. The summed E-state index contributed by atoms with van der Waals surface area (Å²) >= 11 is 0. The number of hydrogen-bond acceptors (Lipinski definition) is 2. The molecule has 0 spiro atoms. The summed E-state index contributed by atoms with van der Waals surface area (Å²) in [5.41, 5.74) is 3.81. The van der Waals surface area contributed by atoms with E-state index in [0.29, 0.717) is 24.6 Å². The molecule has 0 aromatic heterocycles. The summed E-state index contributed by atoms with van der Waals surface area (Å²) in [6, 6.07) is 30.8. The molecular formula is C28H35NO. The van der Waals surface area contributed by atoms with Crippen molar-refractivity contribution in [1.29, 1.82) is 0 Å². The zero-order valence-electron chi connectivity index (χ0n) is 18.8. The van der Waals surface area contributed by atoms with E-state index in [0.717, 1.165) is 18.7 Å². The summed E-state index contributed by atoms with van der Waals surface area (Å²) in [5, 5.41) is 0. The van der Waals surface area contributed by atoms with Crippen LogP contribution in [0.25, 0.3) is 0 Å². The first-order chi connectivity index (χ1) is 14.6. The zero-order chi connectivity index (χ0) is 21.3. The molecule has 1 atom stereocenters. The van der Waals surface area contributed by atoms with Gasteiger partial charge in [0.05, 0.1) is 0 Å². The lowest BCUT2D eigenvalue weighted by molar-refractivity contribution is 0.170. The van der Waals surface area contributed by atoms with Crippen LogP contribution in [-0.4, -0.2) is 23.5 Å². The highest BCUT2D eigenvalue weighted by Crippen LogP contribution is 2.35. The average molecular weight is 402 g/mol. The number of ether oxygens (including phenoxy) is 1. The largest absolute Gasteiger partial charge is 0.489 e. The van der Waals surface area contributed by atoms with Gasteiger partial charge in [-0.15, -0.1) is 0 Å². The first kappa shape index (κ1) is 22.1. The molecule has 158 valence electrons. The van der Waals surface area contributed by atoms with Gasteiger partial charge in [-0.1, -0.05) is 78.9 Å². The Hall–Kier alpha value is -2.58. The first-order valence-electron chi connectivity index (χ1n) is 11.1. The molecule has 0 N–H and O–H groups in total. The zero-order valence-corrected chi connectivity index (χ0v) is 18.8. The van der Waals surface area contributed by atoms with Crippen molar-refractivity contribution in [3.63, 3.8) is 0 Å². The monoisotopic (exact) mass is 401 g/mol. The van der Waals surface area contributed by atoms with Gasteiger partial charge in [0.1, 0.15) is 12.4 Å². The normalized spacial score (nSPS) is 12.5. The Bertz CT molecular complexity index is 865. The van der Waals surface area contributed by atoms with Crippen LogP contribution in [-0.2, 0) is 6.61 Å². The minimum atomic E-state index is 0.304. The molecule has 3 aromatic carbocycles. The van der Waals surface area contributed by atoms with Crippen molar-refractivity contribution in [2.75, 3.05) is 6.54 Å². The summed E-state index contributed by atoms with van der Waals surface area (Å²) in [4.78, 5) is 2.57. The molecule has 0 radical (unpaired) electrons. The highest BCUT2D eigenvalue weighted by molar-refractivity contribution is 5.42. The molecule has 0 saturated heterocycles. The molecular weight excluding hydrogens is 366 g/mol. The highest BCUT2D eigenvalue weighted by Gasteiger charge is 2.21. The number of benzene rings is 3. The predicted octanol–water partition coefficient (Wildman–Crippen LogP) is 6.91. The van der Waals surface area contributed by atoms with E-state index in [-0.39, 0.29) is 0 Å². The minimum absolute atomic E-state index is 0.304. The Morgan fingerprint density at radius 1 is 0.700 bits per heavy atom. The second-order valence-corrected chi connectivity index (χ2v) is 8.49. The quantitative estimate of drug-likeness (QED) is 0.366. The lowest BCUT2D eigenvalue weighted by Crippen LogP contribution is -2.38. The smallest absolute Gasteiger partial charge is 0.123 e. The van der Waals surface area contributed by atoms with E-state index in [9.17, 15) is 0 Å². The number of para-hydroxylation sites is 1. The molecule has 3 aromatic rings. The van der Waals surface area contributed by atoms with E-state index in [1.807, 2.05) is 6.07 Å². The molecule has 0 heterocycles. The standard InChI is InChI=1S/C28H35NO/c1-22(2)29(23(3)4)20-19-26(25-15-9-6-10-16-25)27-17-11-12-18-28(27)30-21-24-13-7-5-8-14-24/h5-18,22-23,26H,19-21H2,1-4H3. The van der Waals surface area contributed by atoms with Crippen LogP contribution in [0.15, 0.2) is 84.9 Å². The van der Waals surface area contributed by atoms with Crippen LogP contribution in [0.4, 0.5) is 0 Å². The third-order valence-corrected chi connectivity index (χ3v) is 5.74. The predicted molar refractivity (Wildman–Crippen MR) is 127 cm³/mol. The van der Waals surface area contributed by atoms with Crippen molar-refractivity contribution < 1.29 is 4.74 Å². The molecule has 30 heavy (non-hydrogen) atoms. The molecule has 1 unspecified atom stereocenters. The summed E-state index contributed by atoms with van der Waals surface area (Å²) in [7, 11) is 0. The van der Waals surface area contributed by atoms with Crippen LogP contribution in [0.3, 0.4) is 0 Å². The molecule has 2 nitrogen and oxygen atoms in total. The first-order valence-corrected chi connectivity index (χ1v) is 11.1. The van der Waals surface area contributed by atoms with Gasteiger partial charge in [-0.05, 0) is 57.9 Å². The Morgan fingerprint density at radius 3 is 1.90 bits per heavy atom. The summed E-state index contributed by atoms with van der Waals surface area (Å²) in [6.07, 6.45) is 1.06. The van der Waals surface area contributed by atoms with Gasteiger partial charge < -0.3 is 4.74 Å². The molecule has 0 amide bonds. The van der Waals surface area contributed by atoms with E-state index in [2.05, 4.69) is 111 Å². The SMILES string of the molecule is CC(C)N(CCC(c1ccccc1)c1ccccc1OCc1ccccc1)C(C)C. The number of hydrogen-bond donors (Lipinski definition) is 0. The van der Waals surface area contributed by atoms with Crippen LogP contribution in [0.5, 0.6) is 5.75 Å². The number of nitrogens with zero attached hydrogens (tertiary/aromatic N) is 1. The van der Waals surface area contributed by atoms with E-state index < -0.39 is 0 Å². The third-order valence-electron chi connectivity index (χ3n) is 5.74. The lowest BCUT2D eigenvalue weighted by Gasteiger charge is -2.32. The van der Waals surface area contributed by atoms with Crippen LogP contribution >= 0.6 is 0 Å². The summed E-state index contributed by atoms with van der Waals surface area (Å²) < 4.78 is 6.31. The van der Waals surface area contributed by atoms with Crippen LogP contribution < -0.4 is 4.74 Å². The topological polar surface area (TPSA) is 12.5 Å². The van der Waals surface area contributed by atoms with Gasteiger partial charge in [-0.25, -0.2) is 0 Å². The van der Waals surface area contributed by atoms with Gasteiger partial charge in [0, 0.05) is 23.6 Å². The maximum absolute atomic E-state index is 6.31. The Balaban J connectivity index is 1.86. The van der Waals surface area contributed by atoms with Crippen molar-refractivity contribution in [2.24, 2.45) is 0 Å². The molecule has 0 aliphatic rings.